The highest BCUT2D eigenvalue weighted by molar-refractivity contribution is 9.10. The van der Waals surface area contributed by atoms with Crippen molar-refractivity contribution in [3.05, 3.63) is 33.8 Å². The van der Waals surface area contributed by atoms with E-state index in [2.05, 4.69) is 21.2 Å². The molecule has 0 saturated heterocycles. The second-order valence-corrected chi connectivity index (χ2v) is 6.20. The molecule has 0 amide bonds. The number of aryl methyl sites for hydroxylation is 1. The van der Waals surface area contributed by atoms with Crippen molar-refractivity contribution in [2.24, 2.45) is 0 Å². The minimum Gasteiger partial charge on any atom is -0.465 e. The predicted molar refractivity (Wildman–Crippen MR) is 83.6 cm³/mol. The molecule has 1 aromatic rings. The van der Waals surface area contributed by atoms with Gasteiger partial charge in [0.1, 0.15) is 6.04 Å². The van der Waals surface area contributed by atoms with Crippen LogP contribution in [0.4, 0.5) is 0 Å². The van der Waals surface area contributed by atoms with Crippen molar-refractivity contribution in [3.63, 3.8) is 0 Å². The van der Waals surface area contributed by atoms with Crippen molar-refractivity contribution >= 4 is 21.9 Å². The van der Waals surface area contributed by atoms with E-state index < -0.39 is 0 Å². The Bertz CT molecular complexity index is 470. The standard InChI is InChI=1S/C16H22BrNO2/c1-3-20-16(19)15(18-13-6-4-5-7-13)12-8-9-14(17)11(2)10-12/h8-10,13,15,18H,3-7H2,1-2H3. The molecule has 2 rings (SSSR count). The molecular formula is C16H22BrNO2. The molecule has 1 fully saturated rings. The van der Waals surface area contributed by atoms with E-state index in [1.807, 2.05) is 32.0 Å². The van der Waals surface area contributed by atoms with Crippen LogP contribution in [0.2, 0.25) is 0 Å². The Morgan fingerprint density at radius 1 is 1.45 bits per heavy atom. The molecule has 1 aliphatic carbocycles. The van der Waals surface area contributed by atoms with Gasteiger partial charge in [0.2, 0.25) is 0 Å². The lowest BCUT2D eigenvalue weighted by molar-refractivity contribution is -0.146. The number of carbonyl (C=O) groups excluding carboxylic acids is 1. The zero-order valence-electron chi connectivity index (χ0n) is 12.1. The van der Waals surface area contributed by atoms with Crippen LogP contribution >= 0.6 is 15.9 Å². The van der Waals surface area contributed by atoms with Gasteiger partial charge in [-0.05, 0) is 43.9 Å². The zero-order chi connectivity index (χ0) is 14.5. The third-order valence-corrected chi connectivity index (χ3v) is 4.68. The fourth-order valence-electron chi connectivity index (χ4n) is 2.70. The average molecular weight is 340 g/mol. The summed E-state index contributed by atoms with van der Waals surface area (Å²) in [5, 5.41) is 3.47. The largest absolute Gasteiger partial charge is 0.465 e. The first-order valence-corrected chi connectivity index (χ1v) is 8.10. The number of nitrogens with one attached hydrogen (secondary N) is 1. The molecule has 1 aliphatic rings. The highest BCUT2D eigenvalue weighted by Crippen LogP contribution is 2.26. The first-order valence-electron chi connectivity index (χ1n) is 7.30. The molecule has 20 heavy (non-hydrogen) atoms. The van der Waals surface area contributed by atoms with Crippen LogP contribution in [0, 0.1) is 6.92 Å². The lowest BCUT2D eigenvalue weighted by Gasteiger charge is -2.22. The number of rotatable bonds is 5. The first-order chi connectivity index (χ1) is 9.61. The Hall–Kier alpha value is -0.870. The van der Waals surface area contributed by atoms with E-state index in [1.54, 1.807) is 0 Å². The van der Waals surface area contributed by atoms with Crippen molar-refractivity contribution in [2.45, 2.75) is 51.6 Å². The maximum atomic E-state index is 12.2. The number of carbonyl (C=O) groups is 1. The summed E-state index contributed by atoms with van der Waals surface area (Å²) in [5.74, 6) is -0.180. The number of hydrogen-bond donors (Lipinski definition) is 1. The lowest BCUT2D eigenvalue weighted by atomic mass is 10.0. The molecule has 3 nitrogen and oxygen atoms in total. The normalized spacial score (nSPS) is 17.1. The molecular weight excluding hydrogens is 318 g/mol. The molecule has 1 saturated carbocycles. The topological polar surface area (TPSA) is 38.3 Å². The van der Waals surface area contributed by atoms with Gasteiger partial charge in [-0.15, -0.1) is 0 Å². The van der Waals surface area contributed by atoms with Gasteiger partial charge in [-0.25, -0.2) is 4.79 Å². The first kappa shape index (κ1) is 15.5. The Kier molecular flexibility index (Phi) is 5.61. The van der Waals surface area contributed by atoms with Crippen LogP contribution in [0.5, 0.6) is 0 Å². The van der Waals surface area contributed by atoms with E-state index in [0.29, 0.717) is 12.6 Å². The summed E-state index contributed by atoms with van der Waals surface area (Å²) in [6.45, 7) is 4.29. The van der Waals surface area contributed by atoms with Gasteiger partial charge >= 0.3 is 5.97 Å². The molecule has 1 aromatic carbocycles. The van der Waals surface area contributed by atoms with Crippen LogP contribution in [0.1, 0.15) is 49.8 Å². The summed E-state index contributed by atoms with van der Waals surface area (Å²) in [6.07, 6.45) is 4.77. The number of halogens is 1. The summed E-state index contributed by atoms with van der Waals surface area (Å²) in [5.41, 5.74) is 2.11. The minimum atomic E-state index is -0.357. The lowest BCUT2D eigenvalue weighted by Crippen LogP contribution is -2.36. The van der Waals surface area contributed by atoms with Gasteiger partial charge in [-0.2, -0.15) is 0 Å². The summed E-state index contributed by atoms with van der Waals surface area (Å²) < 4.78 is 6.29. The van der Waals surface area contributed by atoms with Gasteiger partial charge in [0.25, 0.3) is 0 Å². The van der Waals surface area contributed by atoms with Gasteiger partial charge in [-0.3, -0.25) is 5.32 Å². The van der Waals surface area contributed by atoms with Crippen LogP contribution in [0.3, 0.4) is 0 Å². The molecule has 4 heteroatoms. The van der Waals surface area contributed by atoms with Gasteiger partial charge in [0, 0.05) is 10.5 Å². The zero-order valence-corrected chi connectivity index (χ0v) is 13.7. The van der Waals surface area contributed by atoms with E-state index in [4.69, 9.17) is 4.74 Å². The number of hydrogen-bond acceptors (Lipinski definition) is 3. The molecule has 0 bridgehead atoms. The average Bonchev–Trinajstić information content (AvgIpc) is 2.92. The number of ether oxygens (including phenoxy) is 1. The van der Waals surface area contributed by atoms with Gasteiger partial charge in [0.05, 0.1) is 6.61 Å². The second-order valence-electron chi connectivity index (χ2n) is 5.34. The highest BCUT2D eigenvalue weighted by atomic mass is 79.9. The van der Waals surface area contributed by atoms with Crippen LogP contribution < -0.4 is 5.32 Å². The Balaban J connectivity index is 2.19. The molecule has 0 radical (unpaired) electrons. The maximum absolute atomic E-state index is 12.2. The molecule has 110 valence electrons. The minimum absolute atomic E-state index is 0.180. The van der Waals surface area contributed by atoms with E-state index in [9.17, 15) is 4.79 Å². The van der Waals surface area contributed by atoms with Crippen LogP contribution in [-0.2, 0) is 9.53 Å². The van der Waals surface area contributed by atoms with Crippen LogP contribution in [0.15, 0.2) is 22.7 Å². The Morgan fingerprint density at radius 3 is 2.75 bits per heavy atom. The summed E-state index contributed by atoms with van der Waals surface area (Å²) >= 11 is 3.50. The molecule has 0 spiro atoms. The van der Waals surface area contributed by atoms with Crippen molar-refractivity contribution in [1.82, 2.24) is 5.32 Å². The second kappa shape index (κ2) is 7.23. The third-order valence-electron chi connectivity index (χ3n) is 3.80. The summed E-state index contributed by atoms with van der Waals surface area (Å²) in [7, 11) is 0. The molecule has 0 aliphatic heterocycles. The fraction of sp³-hybridized carbons (Fsp3) is 0.562. The van der Waals surface area contributed by atoms with Crippen LogP contribution in [-0.4, -0.2) is 18.6 Å². The summed E-state index contributed by atoms with van der Waals surface area (Å²) in [6, 6.07) is 6.10. The van der Waals surface area contributed by atoms with Crippen LogP contribution in [0.25, 0.3) is 0 Å². The summed E-state index contributed by atoms with van der Waals surface area (Å²) in [4.78, 5) is 12.2. The van der Waals surface area contributed by atoms with Crippen molar-refractivity contribution < 1.29 is 9.53 Å². The maximum Gasteiger partial charge on any atom is 0.327 e. The molecule has 1 N–H and O–H groups in total. The van der Waals surface area contributed by atoms with E-state index in [-0.39, 0.29) is 12.0 Å². The molecule has 1 unspecified atom stereocenters. The Labute approximate surface area is 129 Å². The van der Waals surface area contributed by atoms with Gasteiger partial charge < -0.3 is 4.74 Å². The highest BCUT2D eigenvalue weighted by Gasteiger charge is 2.26. The molecule has 1 atom stereocenters. The van der Waals surface area contributed by atoms with Crippen molar-refractivity contribution in [1.29, 1.82) is 0 Å². The smallest absolute Gasteiger partial charge is 0.327 e. The van der Waals surface area contributed by atoms with E-state index >= 15 is 0 Å². The fourth-order valence-corrected chi connectivity index (χ4v) is 2.95. The number of esters is 1. The van der Waals surface area contributed by atoms with Gasteiger partial charge in [-0.1, -0.05) is 40.9 Å². The van der Waals surface area contributed by atoms with E-state index in [1.165, 1.54) is 12.8 Å². The monoisotopic (exact) mass is 339 g/mol. The van der Waals surface area contributed by atoms with E-state index in [0.717, 1.165) is 28.4 Å². The molecule has 0 aromatic heterocycles. The quantitative estimate of drug-likeness (QED) is 0.827. The SMILES string of the molecule is CCOC(=O)C(NC1CCCC1)c1ccc(Br)c(C)c1. The van der Waals surface area contributed by atoms with Gasteiger partial charge in [0.15, 0.2) is 0 Å². The Morgan fingerprint density at radius 2 is 2.15 bits per heavy atom. The number of benzene rings is 1. The van der Waals surface area contributed by atoms with Crippen molar-refractivity contribution in [3.8, 4) is 0 Å². The molecule has 0 heterocycles. The third kappa shape index (κ3) is 3.83. The van der Waals surface area contributed by atoms with Crippen molar-refractivity contribution in [2.75, 3.05) is 6.61 Å². The predicted octanol–water partition coefficient (Wildman–Crippen LogP) is 3.89.